The van der Waals surface area contributed by atoms with Crippen molar-refractivity contribution in [2.75, 3.05) is 0 Å². The highest BCUT2D eigenvalue weighted by Gasteiger charge is 2.44. The van der Waals surface area contributed by atoms with Crippen LogP contribution >= 0.6 is 0 Å². The molecule has 3 atom stereocenters. The van der Waals surface area contributed by atoms with Crippen molar-refractivity contribution >= 4 is 49.4 Å². The Morgan fingerprint density at radius 1 is 0.409 bits per heavy atom. The predicted octanol–water partition coefficient (Wildman–Crippen LogP) is 15.5. The Morgan fingerprint density at radius 3 is 1.34 bits per heavy atom. The van der Waals surface area contributed by atoms with Crippen LogP contribution < -0.4 is 0 Å². The van der Waals surface area contributed by atoms with Gasteiger partial charge in [0.25, 0.3) is 0 Å². The van der Waals surface area contributed by atoms with Gasteiger partial charge in [-0.15, -0.1) is 0 Å². The lowest BCUT2D eigenvalue weighted by Gasteiger charge is -2.36. The number of hydrogen-bond donors (Lipinski definition) is 13. The van der Waals surface area contributed by atoms with Gasteiger partial charge in [0, 0.05) is 73.8 Å². The van der Waals surface area contributed by atoms with Crippen LogP contribution in [-0.2, 0) is 30.3 Å². The summed E-state index contributed by atoms with van der Waals surface area (Å²) in [5.74, 6) is -4.10. The van der Waals surface area contributed by atoms with E-state index >= 15 is 0 Å². The van der Waals surface area contributed by atoms with Crippen molar-refractivity contribution in [3.8, 4) is 51.7 Å². The van der Waals surface area contributed by atoms with E-state index in [9.17, 15) is 51.1 Å². The first-order chi connectivity index (χ1) is 42.2. The number of fused-ring (bicyclic) bond motifs is 6. The standard InChI is InChI=1S/C26H23NO3.C24H19NO4.C24H19NO3.CH4/c1-2-26(17-13-23(28)25(30)24(29)14-17,20-12-11-16-7-3-4-8-18(16)20)21-15-27-22-10-6-5-9-19(21)22;26-21-11-15(12-22(27)23(21)28)24(29,18-10-9-14-5-1-2-6-16(14)18)19-13-25-20-8-4-3-7-17(19)20;26-21-11-15(12-22(27)24(21)28)23(18-10-9-14-5-1-2-6-16(14)18)19-13-25-20-8-4-3-7-17(19)20;/h3-10,12-15,27-30H,2,11H2,1H3;1-8,10-13,25-29H,9H2;1-8,10-13,23,25-28H,9H2;1H4. The minimum atomic E-state index is -1.66. The number of aromatic hydroxyl groups is 9. The summed E-state index contributed by atoms with van der Waals surface area (Å²) in [6.45, 7) is 2.12. The average Bonchev–Trinajstić information content (AvgIpc) is 1.78. The molecule has 3 aliphatic rings. The average molecular weight is 1170 g/mol. The first-order valence-corrected chi connectivity index (χ1v) is 28.7. The lowest BCUT2D eigenvalue weighted by atomic mass is 9.65. The van der Waals surface area contributed by atoms with Crippen LogP contribution in [0.1, 0.15) is 93.5 Å². The number of para-hydroxylation sites is 3. The summed E-state index contributed by atoms with van der Waals surface area (Å²) < 4.78 is 0. The number of phenols is 9. The lowest BCUT2D eigenvalue weighted by Crippen LogP contribution is -2.28. The number of H-pyrrole nitrogens is 3. The molecule has 13 nitrogen and oxygen atoms in total. The molecule has 440 valence electrons. The lowest BCUT2D eigenvalue weighted by molar-refractivity contribution is 0.146. The molecule has 0 aliphatic heterocycles. The number of benzene rings is 9. The first-order valence-electron chi connectivity index (χ1n) is 28.7. The molecule has 0 amide bonds. The molecule has 13 heteroatoms. The van der Waals surface area contributed by atoms with E-state index in [4.69, 9.17) is 0 Å². The maximum Gasteiger partial charge on any atom is 0.200 e. The second kappa shape index (κ2) is 22.8. The van der Waals surface area contributed by atoms with Gasteiger partial charge in [0.1, 0.15) is 5.60 Å². The zero-order chi connectivity index (χ0) is 60.3. The molecular formula is C75H65N3O10. The molecule has 13 N–H and O–H groups in total. The van der Waals surface area contributed by atoms with Crippen LogP contribution in [-0.4, -0.2) is 66.0 Å². The Balaban J connectivity index is 0.000000128. The van der Waals surface area contributed by atoms with E-state index in [2.05, 4.69) is 70.4 Å². The second-order valence-corrected chi connectivity index (χ2v) is 22.3. The van der Waals surface area contributed by atoms with Crippen LogP contribution in [0.15, 0.2) is 219 Å². The number of hydrogen-bond acceptors (Lipinski definition) is 10. The van der Waals surface area contributed by atoms with E-state index in [1.807, 2.05) is 128 Å². The maximum absolute atomic E-state index is 12.2. The van der Waals surface area contributed by atoms with Gasteiger partial charge in [0.15, 0.2) is 51.7 Å². The van der Waals surface area contributed by atoms with Gasteiger partial charge in [0.05, 0.1) is 0 Å². The molecule has 0 spiro atoms. The van der Waals surface area contributed by atoms with Gasteiger partial charge in [-0.05, 0) is 153 Å². The SMILES string of the molecule is C.CCC(C1=CCc2ccccc21)(c1cc(O)c(O)c(O)c1)c1c[nH]c2ccccc12.Oc1cc(C(C2=CCc3ccccc32)c2c[nH]c3ccccc23)cc(O)c1O.Oc1cc(C(O)(C2=CCc3ccccc32)c2c[nH]c3ccccc23)cc(O)c1O. The summed E-state index contributed by atoms with van der Waals surface area (Å²) in [4.78, 5) is 9.90. The minimum Gasteiger partial charge on any atom is -0.504 e. The van der Waals surface area contributed by atoms with Crippen LogP contribution in [0.25, 0.3) is 49.4 Å². The van der Waals surface area contributed by atoms with Crippen LogP contribution in [0.4, 0.5) is 0 Å². The molecule has 15 rings (SSSR count). The summed E-state index contributed by atoms with van der Waals surface area (Å²) >= 11 is 0. The van der Waals surface area contributed by atoms with Crippen LogP contribution in [0.3, 0.4) is 0 Å². The van der Waals surface area contributed by atoms with Crippen LogP contribution in [0.2, 0.25) is 0 Å². The fourth-order valence-electron chi connectivity index (χ4n) is 13.5. The number of allylic oxidation sites excluding steroid dienone is 5. The summed E-state index contributed by atoms with van der Waals surface area (Å²) in [5.41, 5.74) is 14.9. The maximum atomic E-state index is 12.2. The summed E-state index contributed by atoms with van der Waals surface area (Å²) in [5, 5.41) is 106. The van der Waals surface area contributed by atoms with E-state index in [0.29, 0.717) is 24.0 Å². The van der Waals surface area contributed by atoms with Crippen molar-refractivity contribution in [3.05, 3.63) is 286 Å². The van der Waals surface area contributed by atoms with Gasteiger partial charge in [-0.2, -0.15) is 0 Å². The Bertz CT molecular complexity index is 4700. The number of rotatable bonds is 10. The molecule has 3 unspecified atom stereocenters. The summed E-state index contributed by atoms with van der Waals surface area (Å²) in [6, 6.07) is 57.1. The van der Waals surface area contributed by atoms with E-state index in [1.54, 1.807) is 18.3 Å². The third kappa shape index (κ3) is 9.49. The molecule has 12 aromatic rings. The number of aromatic nitrogens is 3. The van der Waals surface area contributed by atoms with E-state index < -0.39 is 39.8 Å². The first kappa shape index (κ1) is 57.4. The Kier molecular flexibility index (Phi) is 14.9. The highest BCUT2D eigenvalue weighted by molar-refractivity contribution is 5.95. The second-order valence-electron chi connectivity index (χ2n) is 22.3. The molecule has 88 heavy (non-hydrogen) atoms. The Labute approximate surface area is 507 Å². The smallest absolute Gasteiger partial charge is 0.200 e. The van der Waals surface area contributed by atoms with E-state index in [1.165, 1.54) is 46.5 Å². The highest BCUT2D eigenvalue weighted by Crippen LogP contribution is 2.55. The summed E-state index contributed by atoms with van der Waals surface area (Å²) in [6.07, 6.45) is 15.2. The predicted molar refractivity (Wildman–Crippen MR) is 346 cm³/mol. The van der Waals surface area contributed by atoms with Crippen molar-refractivity contribution in [2.24, 2.45) is 0 Å². The molecule has 0 saturated heterocycles. The monoisotopic (exact) mass is 1170 g/mol. The van der Waals surface area contributed by atoms with E-state index in [0.717, 1.165) is 90.1 Å². The minimum absolute atomic E-state index is 0. The zero-order valence-corrected chi connectivity index (χ0v) is 47.2. The van der Waals surface area contributed by atoms with Gasteiger partial charge < -0.3 is 66.0 Å². The molecule has 0 radical (unpaired) electrons. The number of nitrogens with one attached hydrogen (secondary N) is 3. The normalized spacial score (nSPS) is 14.6. The summed E-state index contributed by atoms with van der Waals surface area (Å²) in [7, 11) is 0. The number of aromatic amines is 3. The van der Waals surface area contributed by atoms with Crippen molar-refractivity contribution in [1.82, 2.24) is 15.0 Å². The van der Waals surface area contributed by atoms with Gasteiger partial charge in [-0.25, -0.2) is 0 Å². The molecule has 0 saturated carbocycles. The fourth-order valence-corrected chi connectivity index (χ4v) is 13.5. The van der Waals surface area contributed by atoms with Crippen molar-refractivity contribution < 1.29 is 51.1 Å². The molecule has 0 fully saturated rings. The van der Waals surface area contributed by atoms with Crippen molar-refractivity contribution in [2.45, 2.75) is 57.0 Å². The number of phenolic OH excluding ortho intramolecular Hbond substituents is 9. The van der Waals surface area contributed by atoms with Crippen LogP contribution in [0.5, 0.6) is 51.7 Å². The number of aliphatic hydroxyl groups is 1. The van der Waals surface area contributed by atoms with Gasteiger partial charge in [0.2, 0.25) is 0 Å². The van der Waals surface area contributed by atoms with Gasteiger partial charge in [-0.1, -0.05) is 160 Å². The fraction of sp³-hybridized carbons (Fsp3) is 0.120. The van der Waals surface area contributed by atoms with Crippen molar-refractivity contribution in [3.63, 3.8) is 0 Å². The van der Waals surface area contributed by atoms with Crippen molar-refractivity contribution in [1.29, 1.82) is 0 Å². The zero-order valence-electron chi connectivity index (χ0n) is 47.2. The van der Waals surface area contributed by atoms with Gasteiger partial charge >= 0.3 is 0 Å². The third-order valence-electron chi connectivity index (χ3n) is 17.7. The molecule has 3 heterocycles. The molecule has 9 aromatic carbocycles. The van der Waals surface area contributed by atoms with E-state index in [-0.39, 0.29) is 41.9 Å². The van der Waals surface area contributed by atoms with Crippen LogP contribution in [0, 0.1) is 0 Å². The molecule has 3 aliphatic carbocycles. The topological polar surface area (TPSA) is 250 Å². The largest absolute Gasteiger partial charge is 0.504 e. The highest BCUT2D eigenvalue weighted by atomic mass is 16.3. The Hall–Kier alpha value is -11.0. The molecule has 0 bridgehead atoms. The molecular weight excluding hydrogens is 1100 g/mol. The van der Waals surface area contributed by atoms with Gasteiger partial charge in [-0.3, -0.25) is 0 Å². The Morgan fingerprint density at radius 2 is 0.795 bits per heavy atom. The molecule has 3 aromatic heterocycles. The quantitative estimate of drug-likeness (QED) is 0.0577. The third-order valence-corrected chi connectivity index (χ3v) is 17.7.